The molecule has 0 saturated heterocycles. The van der Waals surface area contributed by atoms with E-state index in [1.54, 1.807) is 7.11 Å². The van der Waals surface area contributed by atoms with Crippen molar-refractivity contribution in [2.45, 2.75) is 33.2 Å². The van der Waals surface area contributed by atoms with Gasteiger partial charge in [-0.1, -0.05) is 13.8 Å². The molecule has 0 spiro atoms. The number of hydrogen-bond acceptors (Lipinski definition) is 3. The van der Waals surface area contributed by atoms with Crippen molar-refractivity contribution in [3.05, 3.63) is 0 Å². The highest BCUT2D eigenvalue weighted by Crippen LogP contribution is 2.41. The number of ether oxygens (including phenoxy) is 2. The van der Waals surface area contributed by atoms with Gasteiger partial charge in [0.1, 0.15) is 6.79 Å². The fraction of sp³-hybridized carbons (Fsp3) is 0.909. The quantitative estimate of drug-likeness (QED) is 0.513. The largest absolute Gasteiger partial charge is 0.359 e. The van der Waals surface area contributed by atoms with Crippen LogP contribution in [0.3, 0.4) is 0 Å². The Balaban J connectivity index is 2.56. The van der Waals surface area contributed by atoms with E-state index in [-0.39, 0.29) is 11.0 Å². The summed E-state index contributed by atoms with van der Waals surface area (Å²) in [5, 5.41) is 0. The Hall–Kier alpha value is -0.410. The average molecular weight is 199 g/mol. The van der Waals surface area contributed by atoms with Gasteiger partial charge in [0, 0.05) is 24.7 Å². The van der Waals surface area contributed by atoms with Crippen LogP contribution >= 0.6 is 0 Å². The van der Waals surface area contributed by atoms with Crippen molar-refractivity contribution in [3.63, 3.8) is 0 Å². The van der Waals surface area contributed by atoms with Crippen LogP contribution in [0.4, 0.5) is 0 Å². The first-order valence-electron chi connectivity index (χ1n) is 5.03. The Morgan fingerprint density at radius 2 is 1.93 bits per heavy atom. The monoisotopic (exact) mass is 199 g/mol. The minimum Gasteiger partial charge on any atom is -0.359 e. The molecule has 0 aromatic carbocycles. The van der Waals surface area contributed by atoms with Gasteiger partial charge in [0.05, 0.1) is 12.1 Å². The summed E-state index contributed by atoms with van der Waals surface area (Å²) in [6, 6.07) is 0. The van der Waals surface area contributed by atoms with E-state index in [4.69, 9.17) is 9.47 Å². The molecule has 1 aliphatic heterocycles. The Labute approximate surface area is 86.5 Å². The summed E-state index contributed by atoms with van der Waals surface area (Å²) < 4.78 is 10.3. The number of hydrogen-bond donors (Lipinski definition) is 0. The summed E-state index contributed by atoms with van der Waals surface area (Å²) in [7, 11) is 1.64. The predicted molar refractivity (Wildman–Crippen MR) is 57.7 cm³/mol. The molecule has 0 fully saturated rings. The van der Waals surface area contributed by atoms with Crippen LogP contribution in [0, 0.1) is 11.3 Å². The second-order valence-corrected chi connectivity index (χ2v) is 5.06. The van der Waals surface area contributed by atoms with E-state index in [1.165, 1.54) is 0 Å². The van der Waals surface area contributed by atoms with Gasteiger partial charge >= 0.3 is 0 Å². The smallest absolute Gasteiger partial charge is 0.146 e. The SMILES string of the molecule is COCOCC1C(C)(C)C=NC1(C)C. The van der Waals surface area contributed by atoms with Gasteiger partial charge in [-0.05, 0) is 13.8 Å². The number of methoxy groups -OCH3 is 1. The van der Waals surface area contributed by atoms with Crippen molar-refractivity contribution in [1.29, 1.82) is 0 Å². The van der Waals surface area contributed by atoms with Crippen molar-refractivity contribution in [2.75, 3.05) is 20.5 Å². The lowest BCUT2D eigenvalue weighted by molar-refractivity contribution is -0.0585. The highest BCUT2D eigenvalue weighted by Gasteiger charge is 2.44. The molecule has 1 unspecified atom stereocenters. The molecule has 0 saturated carbocycles. The highest BCUT2D eigenvalue weighted by molar-refractivity contribution is 5.69. The normalized spacial score (nSPS) is 28.2. The Morgan fingerprint density at radius 1 is 1.29 bits per heavy atom. The number of aliphatic imine (C=N–C) groups is 1. The molecule has 0 aromatic rings. The van der Waals surface area contributed by atoms with Crippen LogP contribution in [0.2, 0.25) is 0 Å². The summed E-state index contributed by atoms with van der Waals surface area (Å²) in [6.45, 7) is 9.77. The molecule has 0 bridgehead atoms. The molecule has 0 radical (unpaired) electrons. The van der Waals surface area contributed by atoms with E-state index >= 15 is 0 Å². The zero-order valence-electron chi connectivity index (χ0n) is 9.83. The zero-order valence-corrected chi connectivity index (χ0v) is 9.83. The van der Waals surface area contributed by atoms with Gasteiger partial charge in [0.15, 0.2) is 0 Å². The molecule has 3 nitrogen and oxygen atoms in total. The summed E-state index contributed by atoms with van der Waals surface area (Å²) in [4.78, 5) is 4.54. The molecule has 0 N–H and O–H groups in total. The summed E-state index contributed by atoms with van der Waals surface area (Å²) in [6.07, 6.45) is 2.05. The van der Waals surface area contributed by atoms with Gasteiger partial charge in [-0.3, -0.25) is 4.99 Å². The van der Waals surface area contributed by atoms with Crippen LogP contribution in [-0.2, 0) is 9.47 Å². The molecule has 82 valence electrons. The van der Waals surface area contributed by atoms with E-state index in [9.17, 15) is 0 Å². The second kappa shape index (κ2) is 3.99. The minimum absolute atomic E-state index is 0.0166. The van der Waals surface area contributed by atoms with Crippen molar-refractivity contribution in [1.82, 2.24) is 0 Å². The third kappa shape index (κ3) is 2.34. The molecule has 1 atom stereocenters. The topological polar surface area (TPSA) is 30.8 Å². The molecule has 1 rings (SSSR count). The van der Waals surface area contributed by atoms with Crippen LogP contribution in [-0.4, -0.2) is 32.3 Å². The maximum atomic E-state index is 5.44. The average Bonchev–Trinajstić information content (AvgIpc) is 2.27. The molecular weight excluding hydrogens is 178 g/mol. The van der Waals surface area contributed by atoms with Gasteiger partial charge in [-0.2, -0.15) is 0 Å². The first-order valence-corrected chi connectivity index (χ1v) is 5.03. The molecule has 14 heavy (non-hydrogen) atoms. The number of rotatable bonds is 4. The standard InChI is InChI=1S/C11H21NO2/c1-10(2)7-12-11(3,4)9(10)6-14-8-13-5/h7,9H,6,8H2,1-5H3. The zero-order chi connectivity index (χ0) is 10.8. The summed E-state index contributed by atoms with van der Waals surface area (Å²) >= 11 is 0. The summed E-state index contributed by atoms with van der Waals surface area (Å²) in [5.74, 6) is 0.421. The Morgan fingerprint density at radius 3 is 2.36 bits per heavy atom. The van der Waals surface area contributed by atoms with E-state index in [2.05, 4.69) is 32.7 Å². The highest BCUT2D eigenvalue weighted by atomic mass is 16.7. The van der Waals surface area contributed by atoms with Gasteiger partial charge in [0.2, 0.25) is 0 Å². The van der Waals surface area contributed by atoms with Crippen LogP contribution in [0.1, 0.15) is 27.7 Å². The van der Waals surface area contributed by atoms with Gasteiger partial charge < -0.3 is 9.47 Å². The molecule has 1 aliphatic rings. The lowest BCUT2D eigenvalue weighted by Crippen LogP contribution is -2.38. The maximum Gasteiger partial charge on any atom is 0.146 e. The van der Waals surface area contributed by atoms with Crippen LogP contribution < -0.4 is 0 Å². The van der Waals surface area contributed by atoms with Gasteiger partial charge in [-0.25, -0.2) is 0 Å². The van der Waals surface area contributed by atoms with Gasteiger partial charge in [0.25, 0.3) is 0 Å². The van der Waals surface area contributed by atoms with E-state index in [1.807, 2.05) is 6.21 Å². The molecule has 0 amide bonds. The van der Waals surface area contributed by atoms with Crippen LogP contribution in [0.5, 0.6) is 0 Å². The number of nitrogens with zero attached hydrogens (tertiary/aromatic N) is 1. The molecule has 0 aromatic heterocycles. The minimum atomic E-state index is -0.0166. The second-order valence-electron chi connectivity index (χ2n) is 5.06. The van der Waals surface area contributed by atoms with Gasteiger partial charge in [-0.15, -0.1) is 0 Å². The fourth-order valence-corrected chi connectivity index (χ4v) is 2.09. The van der Waals surface area contributed by atoms with Crippen molar-refractivity contribution < 1.29 is 9.47 Å². The van der Waals surface area contributed by atoms with E-state index in [0.29, 0.717) is 19.3 Å². The summed E-state index contributed by atoms with van der Waals surface area (Å²) in [5.41, 5.74) is 0.106. The molecule has 3 heteroatoms. The maximum absolute atomic E-state index is 5.44. The Bertz CT molecular complexity index is 203. The molecular formula is C11H21NO2. The Kier molecular flexibility index (Phi) is 3.32. The fourth-order valence-electron chi connectivity index (χ4n) is 2.09. The predicted octanol–water partition coefficient (Wildman–Crippen LogP) is 2.11. The molecule has 0 aliphatic carbocycles. The third-order valence-corrected chi connectivity index (χ3v) is 2.97. The van der Waals surface area contributed by atoms with Crippen molar-refractivity contribution >= 4 is 6.21 Å². The third-order valence-electron chi connectivity index (χ3n) is 2.97. The lowest BCUT2D eigenvalue weighted by Gasteiger charge is -2.33. The van der Waals surface area contributed by atoms with E-state index in [0.717, 1.165) is 0 Å². The first kappa shape index (κ1) is 11.7. The lowest BCUT2D eigenvalue weighted by atomic mass is 9.73. The first-order chi connectivity index (χ1) is 6.40. The van der Waals surface area contributed by atoms with Crippen LogP contribution in [0.25, 0.3) is 0 Å². The van der Waals surface area contributed by atoms with E-state index < -0.39 is 0 Å². The van der Waals surface area contributed by atoms with Crippen LogP contribution in [0.15, 0.2) is 4.99 Å². The molecule has 1 heterocycles. The van der Waals surface area contributed by atoms with Crippen molar-refractivity contribution in [3.8, 4) is 0 Å². The van der Waals surface area contributed by atoms with Crippen molar-refractivity contribution in [2.24, 2.45) is 16.3 Å².